The summed E-state index contributed by atoms with van der Waals surface area (Å²) in [5.74, 6) is 0.157. The number of carbonyl (C=O) groups is 1. The lowest BCUT2D eigenvalue weighted by molar-refractivity contribution is 0.0992. The number of aryl methyl sites for hydroxylation is 4. The summed E-state index contributed by atoms with van der Waals surface area (Å²) in [5.41, 5.74) is 4.01. The molecule has 0 aliphatic rings. The van der Waals surface area contributed by atoms with E-state index >= 15 is 0 Å². The van der Waals surface area contributed by atoms with Crippen LogP contribution in [0.25, 0.3) is 0 Å². The molecule has 3 heteroatoms. The zero-order valence-electron chi connectivity index (χ0n) is 11.2. The number of Topliss-reactive ketones (excluding diaryl/α,β-unsaturated/α-hetero) is 1. The van der Waals surface area contributed by atoms with Gasteiger partial charge in [-0.05, 0) is 39.3 Å². The van der Waals surface area contributed by atoms with Gasteiger partial charge in [0.15, 0.2) is 5.78 Å². The van der Waals surface area contributed by atoms with E-state index in [0.717, 1.165) is 27.4 Å². The molecule has 1 aromatic carbocycles. The molecule has 2 aromatic rings. The number of carbonyl (C=O) groups excluding carboxylic acids is 1. The summed E-state index contributed by atoms with van der Waals surface area (Å²) < 4.78 is 0. The van der Waals surface area contributed by atoms with E-state index in [1.54, 1.807) is 11.3 Å². The van der Waals surface area contributed by atoms with Crippen LogP contribution in [0.5, 0.6) is 0 Å². The molecule has 94 valence electrons. The lowest BCUT2D eigenvalue weighted by Crippen LogP contribution is -2.05. The molecular weight excluding hydrogens is 242 g/mol. The van der Waals surface area contributed by atoms with Crippen LogP contribution in [0.15, 0.2) is 18.2 Å². The molecule has 0 bridgehead atoms. The van der Waals surface area contributed by atoms with Crippen LogP contribution in [-0.4, -0.2) is 10.8 Å². The second-order valence-corrected chi connectivity index (χ2v) is 5.96. The molecule has 0 unspecified atom stereocenters. The van der Waals surface area contributed by atoms with Gasteiger partial charge in [0.1, 0.15) is 5.01 Å². The second kappa shape index (κ2) is 5.02. The van der Waals surface area contributed by atoms with Gasteiger partial charge in [-0.3, -0.25) is 4.79 Å². The molecule has 1 heterocycles. The van der Waals surface area contributed by atoms with Crippen molar-refractivity contribution in [3.05, 3.63) is 50.5 Å². The largest absolute Gasteiger partial charge is 0.294 e. The number of benzene rings is 1. The molecule has 0 saturated heterocycles. The van der Waals surface area contributed by atoms with Crippen molar-refractivity contribution >= 4 is 17.1 Å². The minimum Gasteiger partial charge on any atom is -0.294 e. The van der Waals surface area contributed by atoms with Crippen molar-refractivity contribution in [2.24, 2.45) is 0 Å². The van der Waals surface area contributed by atoms with Crippen molar-refractivity contribution in [3.8, 4) is 0 Å². The highest BCUT2D eigenvalue weighted by Gasteiger charge is 2.13. The highest BCUT2D eigenvalue weighted by molar-refractivity contribution is 7.11. The Hall–Kier alpha value is -1.48. The molecule has 0 atom stereocenters. The van der Waals surface area contributed by atoms with Gasteiger partial charge < -0.3 is 0 Å². The van der Waals surface area contributed by atoms with Crippen molar-refractivity contribution in [2.45, 2.75) is 34.1 Å². The monoisotopic (exact) mass is 259 g/mol. The van der Waals surface area contributed by atoms with Gasteiger partial charge in [-0.1, -0.05) is 17.7 Å². The van der Waals surface area contributed by atoms with Crippen LogP contribution < -0.4 is 0 Å². The predicted octanol–water partition coefficient (Wildman–Crippen LogP) is 3.80. The standard InChI is InChI=1S/C15H17NOS/c1-9-5-6-10(2)13(7-9)14(17)8-15-16-11(3)12(4)18-15/h5-7H,8H2,1-4H3. The summed E-state index contributed by atoms with van der Waals surface area (Å²) in [4.78, 5) is 17.9. The highest BCUT2D eigenvalue weighted by atomic mass is 32.1. The number of nitrogens with zero attached hydrogens (tertiary/aromatic N) is 1. The number of ketones is 1. The van der Waals surface area contributed by atoms with E-state index < -0.39 is 0 Å². The number of hydrogen-bond donors (Lipinski definition) is 0. The Morgan fingerprint density at radius 2 is 1.94 bits per heavy atom. The van der Waals surface area contributed by atoms with E-state index in [9.17, 15) is 4.79 Å². The predicted molar refractivity (Wildman–Crippen MR) is 75.5 cm³/mol. The Balaban J connectivity index is 2.24. The third-order valence-electron chi connectivity index (χ3n) is 3.08. The zero-order chi connectivity index (χ0) is 13.3. The first kappa shape index (κ1) is 13.0. The Bertz CT molecular complexity index is 579. The fourth-order valence-corrected chi connectivity index (χ4v) is 2.82. The molecule has 0 radical (unpaired) electrons. The van der Waals surface area contributed by atoms with Gasteiger partial charge in [0.05, 0.1) is 12.1 Å². The molecule has 0 aliphatic heterocycles. The van der Waals surface area contributed by atoms with Crippen LogP contribution in [0.2, 0.25) is 0 Å². The molecule has 0 saturated carbocycles. The molecule has 18 heavy (non-hydrogen) atoms. The molecule has 0 spiro atoms. The molecule has 2 nitrogen and oxygen atoms in total. The molecule has 1 aromatic heterocycles. The summed E-state index contributed by atoms with van der Waals surface area (Å²) in [5, 5.41) is 0.913. The average molecular weight is 259 g/mol. The Morgan fingerprint density at radius 3 is 2.56 bits per heavy atom. The summed E-state index contributed by atoms with van der Waals surface area (Å²) >= 11 is 1.62. The van der Waals surface area contributed by atoms with Crippen molar-refractivity contribution < 1.29 is 4.79 Å². The fraction of sp³-hybridized carbons (Fsp3) is 0.333. The molecule has 2 rings (SSSR count). The SMILES string of the molecule is Cc1ccc(C)c(C(=O)Cc2nc(C)c(C)s2)c1. The van der Waals surface area contributed by atoms with Crippen LogP contribution in [0, 0.1) is 27.7 Å². The van der Waals surface area contributed by atoms with Gasteiger partial charge in [0.2, 0.25) is 0 Å². The number of aromatic nitrogens is 1. The lowest BCUT2D eigenvalue weighted by atomic mass is 10.0. The Labute approximate surface area is 112 Å². The van der Waals surface area contributed by atoms with Crippen LogP contribution in [-0.2, 0) is 6.42 Å². The van der Waals surface area contributed by atoms with Crippen molar-refractivity contribution in [1.82, 2.24) is 4.98 Å². The minimum absolute atomic E-state index is 0.157. The second-order valence-electron chi connectivity index (χ2n) is 4.67. The third-order valence-corrected chi connectivity index (χ3v) is 4.15. The number of hydrogen-bond acceptors (Lipinski definition) is 3. The molecular formula is C15H17NOS. The lowest BCUT2D eigenvalue weighted by Gasteiger charge is -2.04. The van der Waals surface area contributed by atoms with Crippen LogP contribution >= 0.6 is 11.3 Å². The quantitative estimate of drug-likeness (QED) is 0.785. The maximum absolute atomic E-state index is 12.3. The topological polar surface area (TPSA) is 30.0 Å². The minimum atomic E-state index is 0.157. The molecule has 0 amide bonds. The van der Waals surface area contributed by atoms with Crippen molar-refractivity contribution in [3.63, 3.8) is 0 Å². The molecule has 0 aliphatic carbocycles. The summed E-state index contributed by atoms with van der Waals surface area (Å²) in [6.45, 7) is 8.01. The number of rotatable bonds is 3. The zero-order valence-corrected chi connectivity index (χ0v) is 12.0. The van der Waals surface area contributed by atoms with E-state index in [0.29, 0.717) is 6.42 Å². The Morgan fingerprint density at radius 1 is 1.22 bits per heavy atom. The van der Waals surface area contributed by atoms with E-state index in [2.05, 4.69) is 4.98 Å². The van der Waals surface area contributed by atoms with E-state index in [1.165, 1.54) is 4.88 Å². The first-order chi connectivity index (χ1) is 8.47. The summed E-state index contributed by atoms with van der Waals surface area (Å²) in [6.07, 6.45) is 0.406. The maximum atomic E-state index is 12.3. The van der Waals surface area contributed by atoms with Crippen molar-refractivity contribution in [1.29, 1.82) is 0 Å². The first-order valence-corrected chi connectivity index (χ1v) is 6.82. The molecule has 0 fully saturated rings. The Kier molecular flexibility index (Phi) is 3.62. The van der Waals surface area contributed by atoms with Gasteiger partial charge in [-0.15, -0.1) is 11.3 Å². The van der Waals surface area contributed by atoms with Gasteiger partial charge >= 0.3 is 0 Å². The third kappa shape index (κ3) is 2.67. The van der Waals surface area contributed by atoms with Gasteiger partial charge in [-0.2, -0.15) is 0 Å². The first-order valence-electron chi connectivity index (χ1n) is 6.00. The van der Waals surface area contributed by atoms with E-state index in [1.807, 2.05) is 45.9 Å². The van der Waals surface area contributed by atoms with Crippen LogP contribution in [0.1, 0.15) is 37.1 Å². The van der Waals surface area contributed by atoms with Gasteiger partial charge in [0, 0.05) is 10.4 Å². The number of thiazole rings is 1. The van der Waals surface area contributed by atoms with Gasteiger partial charge in [-0.25, -0.2) is 4.98 Å². The van der Waals surface area contributed by atoms with Gasteiger partial charge in [0.25, 0.3) is 0 Å². The summed E-state index contributed by atoms with van der Waals surface area (Å²) in [7, 11) is 0. The smallest absolute Gasteiger partial charge is 0.169 e. The maximum Gasteiger partial charge on any atom is 0.169 e. The normalized spacial score (nSPS) is 10.7. The molecule has 0 N–H and O–H groups in total. The summed E-state index contributed by atoms with van der Waals surface area (Å²) in [6, 6.07) is 6.00. The highest BCUT2D eigenvalue weighted by Crippen LogP contribution is 2.19. The average Bonchev–Trinajstić information content (AvgIpc) is 2.61. The fourth-order valence-electron chi connectivity index (χ4n) is 1.88. The van der Waals surface area contributed by atoms with Crippen LogP contribution in [0.3, 0.4) is 0 Å². The van der Waals surface area contributed by atoms with E-state index in [-0.39, 0.29) is 5.78 Å². The van der Waals surface area contributed by atoms with Crippen LogP contribution in [0.4, 0.5) is 0 Å². The van der Waals surface area contributed by atoms with E-state index in [4.69, 9.17) is 0 Å². The van der Waals surface area contributed by atoms with Crippen molar-refractivity contribution in [2.75, 3.05) is 0 Å².